The topological polar surface area (TPSA) is 96.5 Å². The van der Waals surface area contributed by atoms with Crippen LogP contribution in [0.4, 0.5) is 0 Å². The van der Waals surface area contributed by atoms with Crippen molar-refractivity contribution in [2.75, 3.05) is 13.2 Å². The standard InChI is InChI=1S/C27H38N5O4Si2/c1-37(2)14-12-34-19-31-25(10-11-29-31)21-6-9-27(28-17-21)36-22-7-8-23-24(18-33)30-32(26(23)16-22)20-35-13-15-38(3,4)5/h6-11,16-17,33H,12-15,18-20H2,1-5H3. The number of aliphatic hydroxyl groups excluding tert-OH is 1. The molecule has 0 saturated heterocycles. The fraction of sp³-hybridized carbons (Fsp3) is 0.444. The minimum atomic E-state index is -1.17. The molecule has 3 heterocycles. The zero-order valence-corrected chi connectivity index (χ0v) is 25.0. The molecule has 9 nitrogen and oxygen atoms in total. The van der Waals surface area contributed by atoms with Crippen molar-refractivity contribution < 1.29 is 19.3 Å². The lowest BCUT2D eigenvalue weighted by Gasteiger charge is -2.15. The maximum absolute atomic E-state index is 9.77. The molecule has 203 valence electrons. The third-order valence-electron chi connectivity index (χ3n) is 6.09. The molecule has 11 heteroatoms. The fourth-order valence-electron chi connectivity index (χ4n) is 3.85. The maximum Gasteiger partial charge on any atom is 0.219 e. The minimum absolute atomic E-state index is 0.137. The number of aliphatic hydroxyl groups is 1. The van der Waals surface area contributed by atoms with Crippen molar-refractivity contribution in [1.29, 1.82) is 0 Å². The van der Waals surface area contributed by atoms with E-state index in [0.717, 1.165) is 40.9 Å². The maximum atomic E-state index is 9.77. The summed E-state index contributed by atoms with van der Waals surface area (Å²) in [5, 5.41) is 19.6. The molecular formula is C27H38N5O4Si2. The number of hydrogen-bond donors (Lipinski definition) is 1. The van der Waals surface area contributed by atoms with E-state index < -0.39 is 8.07 Å². The molecule has 3 aromatic heterocycles. The number of aromatic nitrogens is 5. The first kappa shape index (κ1) is 28.2. The molecule has 0 fully saturated rings. The third-order valence-corrected chi connectivity index (χ3v) is 9.00. The fourth-order valence-corrected chi connectivity index (χ4v) is 5.16. The summed E-state index contributed by atoms with van der Waals surface area (Å²) in [5.41, 5.74) is 3.35. The second-order valence-corrected chi connectivity index (χ2v) is 19.4. The second kappa shape index (κ2) is 12.8. The summed E-state index contributed by atoms with van der Waals surface area (Å²) >= 11 is 0. The number of benzene rings is 1. The number of hydrogen-bond acceptors (Lipinski definition) is 7. The summed E-state index contributed by atoms with van der Waals surface area (Å²) in [7, 11) is -1.46. The van der Waals surface area contributed by atoms with Gasteiger partial charge in [0.05, 0.1) is 23.5 Å². The van der Waals surface area contributed by atoms with Crippen LogP contribution in [0.1, 0.15) is 5.69 Å². The van der Waals surface area contributed by atoms with Gasteiger partial charge in [-0.2, -0.15) is 10.2 Å². The highest BCUT2D eigenvalue weighted by atomic mass is 28.3. The van der Waals surface area contributed by atoms with Crippen LogP contribution in [-0.4, -0.2) is 59.7 Å². The van der Waals surface area contributed by atoms with Crippen LogP contribution in [0, 0.1) is 0 Å². The molecule has 4 aromatic rings. The Labute approximate surface area is 227 Å². The molecule has 0 aliphatic carbocycles. The molecule has 1 aromatic carbocycles. The van der Waals surface area contributed by atoms with Gasteiger partial charge in [-0.05, 0) is 36.4 Å². The number of nitrogens with zero attached hydrogens (tertiary/aromatic N) is 5. The van der Waals surface area contributed by atoms with Gasteiger partial charge in [0.15, 0.2) is 0 Å². The molecule has 38 heavy (non-hydrogen) atoms. The second-order valence-electron chi connectivity index (χ2n) is 10.8. The van der Waals surface area contributed by atoms with Crippen LogP contribution in [0.3, 0.4) is 0 Å². The van der Waals surface area contributed by atoms with E-state index in [1.807, 2.05) is 41.1 Å². The SMILES string of the molecule is C[Si](C)CCOCn1nccc1-c1ccc(Oc2ccc3c(CO)nn(COCC[Si](C)(C)C)c3c2)nc1. The molecule has 0 amide bonds. The average Bonchev–Trinajstić information content (AvgIpc) is 3.48. The van der Waals surface area contributed by atoms with Crippen LogP contribution in [0.2, 0.25) is 44.8 Å². The largest absolute Gasteiger partial charge is 0.439 e. The predicted octanol–water partition coefficient (Wildman–Crippen LogP) is 5.62. The number of fused-ring (bicyclic) bond motifs is 1. The van der Waals surface area contributed by atoms with Crippen LogP contribution in [0.5, 0.6) is 11.6 Å². The van der Waals surface area contributed by atoms with Gasteiger partial charge in [0.2, 0.25) is 5.88 Å². The summed E-state index contributed by atoms with van der Waals surface area (Å²) in [6.07, 6.45) is 3.55. The molecular weight excluding hydrogens is 515 g/mol. The van der Waals surface area contributed by atoms with Gasteiger partial charge in [0.25, 0.3) is 0 Å². The van der Waals surface area contributed by atoms with Crippen molar-refractivity contribution in [2.45, 2.75) is 64.9 Å². The highest BCUT2D eigenvalue weighted by Crippen LogP contribution is 2.28. The normalized spacial score (nSPS) is 12.1. The molecule has 0 aliphatic rings. The van der Waals surface area contributed by atoms with Crippen LogP contribution in [0.25, 0.3) is 22.2 Å². The lowest BCUT2D eigenvalue weighted by atomic mass is 10.2. The zero-order chi connectivity index (χ0) is 27.1. The van der Waals surface area contributed by atoms with E-state index in [-0.39, 0.29) is 15.4 Å². The van der Waals surface area contributed by atoms with E-state index in [9.17, 15) is 5.11 Å². The first-order valence-corrected chi connectivity index (χ1v) is 19.4. The molecule has 0 unspecified atom stereocenters. The number of ether oxygens (including phenoxy) is 3. The average molecular weight is 553 g/mol. The van der Waals surface area contributed by atoms with Gasteiger partial charge in [-0.1, -0.05) is 32.7 Å². The smallest absolute Gasteiger partial charge is 0.219 e. The van der Waals surface area contributed by atoms with Crippen molar-refractivity contribution in [2.24, 2.45) is 0 Å². The predicted molar refractivity (Wildman–Crippen MR) is 154 cm³/mol. The number of rotatable bonds is 14. The lowest BCUT2D eigenvalue weighted by molar-refractivity contribution is 0.0801. The lowest BCUT2D eigenvalue weighted by Crippen LogP contribution is -2.22. The quantitative estimate of drug-likeness (QED) is 0.160. The Balaban J connectivity index is 1.43. The number of pyridine rings is 1. The van der Waals surface area contributed by atoms with E-state index in [4.69, 9.17) is 14.2 Å². The summed E-state index contributed by atoms with van der Waals surface area (Å²) in [6, 6.07) is 13.7. The van der Waals surface area contributed by atoms with Gasteiger partial charge in [0.1, 0.15) is 19.2 Å². The van der Waals surface area contributed by atoms with Gasteiger partial charge in [-0.3, -0.25) is 0 Å². The minimum Gasteiger partial charge on any atom is -0.439 e. The van der Waals surface area contributed by atoms with Gasteiger partial charge in [-0.25, -0.2) is 14.3 Å². The highest BCUT2D eigenvalue weighted by Gasteiger charge is 2.15. The van der Waals surface area contributed by atoms with E-state index >= 15 is 0 Å². The van der Waals surface area contributed by atoms with Crippen LogP contribution in [0.15, 0.2) is 48.8 Å². The summed E-state index contributed by atoms with van der Waals surface area (Å²) in [5.74, 6) is 1.12. The molecule has 4 rings (SSSR count). The van der Waals surface area contributed by atoms with Crippen LogP contribution < -0.4 is 4.74 Å². The van der Waals surface area contributed by atoms with Crippen molar-refractivity contribution in [3.63, 3.8) is 0 Å². The van der Waals surface area contributed by atoms with Crippen LogP contribution >= 0.6 is 0 Å². The summed E-state index contributed by atoms with van der Waals surface area (Å²) < 4.78 is 21.4. The summed E-state index contributed by atoms with van der Waals surface area (Å²) in [4.78, 5) is 4.51. The van der Waals surface area contributed by atoms with E-state index in [1.165, 1.54) is 0 Å². The van der Waals surface area contributed by atoms with Crippen molar-refractivity contribution in [3.05, 3.63) is 54.5 Å². The van der Waals surface area contributed by atoms with Gasteiger partial charge in [-0.15, -0.1) is 0 Å². The first-order chi connectivity index (χ1) is 18.2. The molecule has 0 atom stereocenters. The molecule has 0 spiro atoms. The zero-order valence-electron chi connectivity index (χ0n) is 23.0. The monoisotopic (exact) mass is 552 g/mol. The Morgan fingerprint density at radius 1 is 0.974 bits per heavy atom. The van der Waals surface area contributed by atoms with Crippen molar-refractivity contribution in [1.82, 2.24) is 24.5 Å². The van der Waals surface area contributed by atoms with Gasteiger partial charge < -0.3 is 19.3 Å². The summed E-state index contributed by atoms with van der Waals surface area (Å²) in [6.45, 7) is 13.6. The Morgan fingerprint density at radius 3 is 2.47 bits per heavy atom. The van der Waals surface area contributed by atoms with E-state index in [2.05, 4.69) is 47.9 Å². The molecule has 1 radical (unpaired) electrons. The molecule has 0 aliphatic heterocycles. The van der Waals surface area contributed by atoms with E-state index in [1.54, 1.807) is 17.1 Å². The van der Waals surface area contributed by atoms with E-state index in [0.29, 0.717) is 37.4 Å². The highest BCUT2D eigenvalue weighted by molar-refractivity contribution is 6.76. The Kier molecular flexibility index (Phi) is 9.50. The van der Waals surface area contributed by atoms with Gasteiger partial charge in [0, 0.05) is 65.6 Å². The molecule has 0 saturated carbocycles. The van der Waals surface area contributed by atoms with Crippen LogP contribution in [-0.2, 0) is 29.5 Å². The Hall–Kier alpha value is -2.84. The van der Waals surface area contributed by atoms with Crippen molar-refractivity contribution >= 4 is 27.8 Å². The molecule has 1 N–H and O–H groups in total. The molecule has 0 bridgehead atoms. The van der Waals surface area contributed by atoms with Gasteiger partial charge >= 0.3 is 0 Å². The van der Waals surface area contributed by atoms with Crippen molar-refractivity contribution in [3.8, 4) is 22.9 Å². The Bertz CT molecular complexity index is 1320. The Morgan fingerprint density at radius 2 is 1.76 bits per heavy atom. The first-order valence-electron chi connectivity index (χ1n) is 12.9. The third kappa shape index (κ3) is 7.61.